The highest BCUT2D eigenvalue weighted by Gasteiger charge is 2.07. The Bertz CT molecular complexity index is 367. The molecule has 0 aliphatic heterocycles. The summed E-state index contributed by atoms with van der Waals surface area (Å²) in [4.78, 5) is 15.6. The van der Waals surface area contributed by atoms with Crippen LogP contribution < -0.4 is 5.73 Å². The van der Waals surface area contributed by atoms with Gasteiger partial charge >= 0.3 is 5.97 Å². The van der Waals surface area contributed by atoms with Gasteiger partial charge in [0.05, 0.1) is 19.8 Å². The quantitative estimate of drug-likeness (QED) is 0.525. The number of carbonyl (C=O) groups is 1. The molecule has 0 saturated carbocycles. The van der Waals surface area contributed by atoms with Crippen LogP contribution in [0.1, 0.15) is 22.5 Å². The summed E-state index contributed by atoms with van der Waals surface area (Å²) >= 11 is 0. The predicted molar refractivity (Wildman–Crippen MR) is 69.7 cm³/mol. The fourth-order valence-corrected chi connectivity index (χ4v) is 1.31. The maximum Gasteiger partial charge on any atom is 0.356 e. The summed E-state index contributed by atoms with van der Waals surface area (Å²) in [5.41, 5.74) is 6.61. The van der Waals surface area contributed by atoms with E-state index in [0.29, 0.717) is 39.4 Å². The van der Waals surface area contributed by atoms with E-state index in [1.165, 1.54) is 0 Å². The van der Waals surface area contributed by atoms with Crippen LogP contribution in [0.5, 0.6) is 0 Å². The number of ether oxygens (including phenoxy) is 3. The van der Waals surface area contributed by atoms with Crippen molar-refractivity contribution in [1.82, 2.24) is 4.98 Å². The van der Waals surface area contributed by atoms with Gasteiger partial charge in [-0.2, -0.15) is 0 Å². The molecule has 19 heavy (non-hydrogen) atoms. The van der Waals surface area contributed by atoms with E-state index in [1.54, 1.807) is 25.4 Å². The van der Waals surface area contributed by atoms with Crippen molar-refractivity contribution in [3.05, 3.63) is 29.6 Å². The van der Waals surface area contributed by atoms with Gasteiger partial charge in [-0.25, -0.2) is 9.78 Å². The SMILES string of the molecule is COCCOCCCOC(=O)c1ccc(CN)cn1. The molecule has 1 aromatic rings. The molecule has 0 unspecified atom stereocenters. The maximum atomic E-state index is 11.6. The first-order valence-electron chi connectivity index (χ1n) is 6.16. The summed E-state index contributed by atoms with van der Waals surface area (Å²) < 4.78 is 15.1. The van der Waals surface area contributed by atoms with Crippen LogP contribution >= 0.6 is 0 Å². The van der Waals surface area contributed by atoms with Gasteiger partial charge in [0.15, 0.2) is 0 Å². The highest BCUT2D eigenvalue weighted by Crippen LogP contribution is 2.01. The summed E-state index contributed by atoms with van der Waals surface area (Å²) in [6.07, 6.45) is 2.22. The van der Waals surface area contributed by atoms with Crippen LogP contribution in [0.2, 0.25) is 0 Å². The third kappa shape index (κ3) is 6.28. The Morgan fingerprint density at radius 3 is 2.74 bits per heavy atom. The first-order chi connectivity index (χ1) is 9.27. The molecule has 0 aromatic carbocycles. The van der Waals surface area contributed by atoms with Crippen LogP contribution in [0.3, 0.4) is 0 Å². The monoisotopic (exact) mass is 268 g/mol. The van der Waals surface area contributed by atoms with Crippen LogP contribution in [-0.4, -0.2) is 44.5 Å². The summed E-state index contributed by atoms with van der Waals surface area (Å²) in [5, 5.41) is 0. The molecule has 1 rings (SSSR count). The Kier molecular flexibility index (Phi) is 7.72. The Morgan fingerprint density at radius 2 is 2.11 bits per heavy atom. The first-order valence-corrected chi connectivity index (χ1v) is 6.16. The number of aromatic nitrogens is 1. The van der Waals surface area contributed by atoms with E-state index < -0.39 is 5.97 Å². The van der Waals surface area contributed by atoms with E-state index in [1.807, 2.05) is 0 Å². The second-order valence-electron chi connectivity index (χ2n) is 3.85. The van der Waals surface area contributed by atoms with Gasteiger partial charge in [-0.1, -0.05) is 6.07 Å². The van der Waals surface area contributed by atoms with Crippen LogP contribution in [-0.2, 0) is 20.8 Å². The minimum atomic E-state index is -0.430. The van der Waals surface area contributed by atoms with E-state index >= 15 is 0 Å². The second-order valence-corrected chi connectivity index (χ2v) is 3.85. The number of esters is 1. The van der Waals surface area contributed by atoms with Crippen molar-refractivity contribution in [2.45, 2.75) is 13.0 Å². The first kappa shape index (κ1) is 15.6. The van der Waals surface area contributed by atoms with Crippen molar-refractivity contribution in [1.29, 1.82) is 0 Å². The Hall–Kier alpha value is -1.50. The van der Waals surface area contributed by atoms with Gasteiger partial charge in [0.2, 0.25) is 0 Å². The number of nitrogens with two attached hydrogens (primary N) is 1. The zero-order valence-electron chi connectivity index (χ0n) is 11.1. The van der Waals surface area contributed by atoms with Crippen molar-refractivity contribution in [2.75, 3.05) is 33.5 Å². The second kappa shape index (κ2) is 9.43. The lowest BCUT2D eigenvalue weighted by atomic mass is 10.2. The summed E-state index contributed by atoms with van der Waals surface area (Å²) in [6, 6.07) is 3.37. The lowest BCUT2D eigenvalue weighted by molar-refractivity contribution is 0.0380. The molecule has 0 atom stereocenters. The van der Waals surface area contributed by atoms with E-state index in [0.717, 1.165) is 5.56 Å². The minimum absolute atomic E-state index is 0.289. The molecule has 2 N–H and O–H groups in total. The van der Waals surface area contributed by atoms with Gasteiger partial charge in [0, 0.05) is 32.9 Å². The molecule has 1 aromatic heterocycles. The van der Waals surface area contributed by atoms with E-state index in [2.05, 4.69) is 4.98 Å². The Balaban J connectivity index is 2.16. The topological polar surface area (TPSA) is 83.7 Å². The third-order valence-electron chi connectivity index (χ3n) is 2.37. The van der Waals surface area contributed by atoms with Crippen molar-refractivity contribution in [3.8, 4) is 0 Å². The van der Waals surface area contributed by atoms with Gasteiger partial charge in [-0.05, 0) is 11.6 Å². The van der Waals surface area contributed by atoms with Crippen LogP contribution in [0.25, 0.3) is 0 Å². The van der Waals surface area contributed by atoms with Crippen molar-refractivity contribution >= 4 is 5.97 Å². The summed E-state index contributed by atoms with van der Waals surface area (Å²) in [5.74, 6) is -0.430. The standard InChI is InChI=1S/C13H20N2O4/c1-17-7-8-18-5-2-6-19-13(16)12-4-3-11(9-14)10-15-12/h3-4,10H,2,5-9,14H2,1H3. The number of pyridine rings is 1. The van der Waals surface area contributed by atoms with Gasteiger partial charge < -0.3 is 19.9 Å². The lowest BCUT2D eigenvalue weighted by Gasteiger charge is -2.05. The summed E-state index contributed by atoms with van der Waals surface area (Å²) in [6.45, 7) is 2.37. The van der Waals surface area contributed by atoms with E-state index in [9.17, 15) is 4.79 Å². The predicted octanol–water partition coefficient (Wildman–Crippen LogP) is 0.750. The number of hydrogen-bond acceptors (Lipinski definition) is 6. The molecule has 6 nitrogen and oxygen atoms in total. The molecular formula is C13H20N2O4. The normalized spacial score (nSPS) is 10.4. The van der Waals surface area contributed by atoms with Gasteiger partial charge in [0.1, 0.15) is 5.69 Å². The fraction of sp³-hybridized carbons (Fsp3) is 0.538. The molecule has 0 amide bonds. The molecule has 1 heterocycles. The van der Waals surface area contributed by atoms with E-state index in [4.69, 9.17) is 19.9 Å². The van der Waals surface area contributed by atoms with Crippen LogP contribution in [0, 0.1) is 0 Å². The molecular weight excluding hydrogens is 248 g/mol. The molecule has 0 bridgehead atoms. The Labute approximate surface area is 112 Å². The number of nitrogens with zero attached hydrogens (tertiary/aromatic N) is 1. The number of methoxy groups -OCH3 is 1. The largest absolute Gasteiger partial charge is 0.461 e. The average Bonchev–Trinajstić information content (AvgIpc) is 2.46. The van der Waals surface area contributed by atoms with Gasteiger partial charge in [-0.3, -0.25) is 0 Å². The minimum Gasteiger partial charge on any atom is -0.461 e. The molecule has 6 heteroatoms. The molecule has 0 aliphatic carbocycles. The lowest BCUT2D eigenvalue weighted by Crippen LogP contribution is -2.11. The maximum absolute atomic E-state index is 11.6. The molecule has 0 spiro atoms. The third-order valence-corrected chi connectivity index (χ3v) is 2.37. The average molecular weight is 268 g/mol. The number of carbonyl (C=O) groups excluding carboxylic acids is 1. The molecule has 106 valence electrons. The highest BCUT2D eigenvalue weighted by atomic mass is 16.5. The van der Waals surface area contributed by atoms with Gasteiger partial charge in [0.25, 0.3) is 0 Å². The van der Waals surface area contributed by atoms with Crippen molar-refractivity contribution < 1.29 is 19.0 Å². The smallest absolute Gasteiger partial charge is 0.356 e. The van der Waals surface area contributed by atoms with Crippen molar-refractivity contribution in [3.63, 3.8) is 0 Å². The number of hydrogen-bond donors (Lipinski definition) is 1. The van der Waals surface area contributed by atoms with Gasteiger partial charge in [-0.15, -0.1) is 0 Å². The molecule has 0 saturated heterocycles. The zero-order chi connectivity index (χ0) is 13.9. The summed E-state index contributed by atoms with van der Waals surface area (Å²) in [7, 11) is 1.62. The zero-order valence-corrected chi connectivity index (χ0v) is 11.1. The molecule has 0 aliphatic rings. The fourth-order valence-electron chi connectivity index (χ4n) is 1.31. The molecule has 0 fully saturated rings. The van der Waals surface area contributed by atoms with E-state index in [-0.39, 0.29) is 5.69 Å². The number of rotatable bonds is 9. The van der Waals surface area contributed by atoms with Crippen LogP contribution in [0.4, 0.5) is 0 Å². The highest BCUT2D eigenvalue weighted by molar-refractivity contribution is 5.87. The van der Waals surface area contributed by atoms with Crippen LogP contribution in [0.15, 0.2) is 18.3 Å². The van der Waals surface area contributed by atoms with Crippen molar-refractivity contribution in [2.24, 2.45) is 5.73 Å². The molecule has 0 radical (unpaired) electrons. The Morgan fingerprint density at radius 1 is 1.26 bits per heavy atom.